The zero-order valence-corrected chi connectivity index (χ0v) is 12.5. The summed E-state index contributed by atoms with van der Waals surface area (Å²) >= 11 is 0. The number of ether oxygens (including phenoxy) is 1. The summed E-state index contributed by atoms with van der Waals surface area (Å²) in [5.74, 6) is 0.606. The standard InChI is InChI=1S/C16H22O4/c1-8-9(2)16-13(10(3)15(8)19)7-12(11(4)20-16)5-6-14(17)18/h11-12,19H,5-7H2,1-4H3,(H,17,18). The lowest BCUT2D eigenvalue weighted by molar-refractivity contribution is -0.137. The van der Waals surface area contributed by atoms with Gasteiger partial charge in [-0.1, -0.05) is 0 Å². The van der Waals surface area contributed by atoms with Crippen molar-refractivity contribution in [3.05, 3.63) is 22.3 Å². The van der Waals surface area contributed by atoms with Gasteiger partial charge in [0.05, 0.1) is 6.10 Å². The molecule has 0 radical (unpaired) electrons. The molecule has 0 amide bonds. The Hall–Kier alpha value is -1.71. The monoisotopic (exact) mass is 278 g/mol. The minimum absolute atomic E-state index is 0.00360. The lowest BCUT2D eigenvalue weighted by Crippen LogP contribution is -2.31. The van der Waals surface area contributed by atoms with Gasteiger partial charge in [-0.25, -0.2) is 0 Å². The summed E-state index contributed by atoms with van der Waals surface area (Å²) in [6.07, 6.45) is 1.53. The van der Waals surface area contributed by atoms with E-state index in [9.17, 15) is 9.90 Å². The number of benzene rings is 1. The number of fused-ring (bicyclic) bond motifs is 1. The molecule has 2 unspecified atom stereocenters. The molecule has 0 saturated carbocycles. The minimum atomic E-state index is -0.775. The molecule has 1 aromatic rings. The molecule has 0 fully saturated rings. The Kier molecular flexibility index (Phi) is 3.93. The largest absolute Gasteiger partial charge is 0.507 e. The van der Waals surface area contributed by atoms with Crippen LogP contribution in [-0.4, -0.2) is 22.3 Å². The SMILES string of the molecule is Cc1c(C)c2c(c(C)c1O)CC(CCC(=O)O)C(C)O2. The maximum absolute atomic E-state index is 10.7. The number of rotatable bonds is 3. The van der Waals surface area contributed by atoms with Crippen molar-refractivity contribution in [2.75, 3.05) is 0 Å². The predicted molar refractivity (Wildman–Crippen MR) is 76.5 cm³/mol. The van der Waals surface area contributed by atoms with Gasteiger partial charge in [0.15, 0.2) is 0 Å². The summed E-state index contributed by atoms with van der Waals surface area (Å²) in [4.78, 5) is 10.7. The smallest absolute Gasteiger partial charge is 0.303 e. The Morgan fingerprint density at radius 2 is 1.90 bits per heavy atom. The van der Waals surface area contributed by atoms with Crippen molar-refractivity contribution in [2.24, 2.45) is 5.92 Å². The van der Waals surface area contributed by atoms with E-state index in [1.54, 1.807) is 0 Å². The molecule has 1 heterocycles. The highest BCUT2D eigenvalue weighted by atomic mass is 16.5. The topological polar surface area (TPSA) is 66.8 Å². The van der Waals surface area contributed by atoms with Gasteiger partial charge < -0.3 is 14.9 Å². The second-order valence-corrected chi connectivity index (χ2v) is 5.75. The van der Waals surface area contributed by atoms with E-state index in [1.807, 2.05) is 27.7 Å². The van der Waals surface area contributed by atoms with Gasteiger partial charge in [0.1, 0.15) is 11.5 Å². The van der Waals surface area contributed by atoms with Crippen LogP contribution in [0, 0.1) is 26.7 Å². The summed E-state index contributed by atoms with van der Waals surface area (Å²) in [5.41, 5.74) is 3.72. The van der Waals surface area contributed by atoms with Crippen LogP contribution in [0.5, 0.6) is 11.5 Å². The molecule has 1 aliphatic rings. The fourth-order valence-electron chi connectivity index (χ4n) is 2.93. The fraction of sp³-hybridized carbons (Fsp3) is 0.562. The summed E-state index contributed by atoms with van der Waals surface area (Å²) < 4.78 is 6.02. The lowest BCUT2D eigenvalue weighted by Gasteiger charge is -2.34. The number of hydrogen-bond acceptors (Lipinski definition) is 3. The number of carboxylic acids is 1. The molecule has 2 rings (SSSR count). The third kappa shape index (κ3) is 2.47. The van der Waals surface area contributed by atoms with Crippen molar-refractivity contribution in [3.63, 3.8) is 0 Å². The summed E-state index contributed by atoms with van der Waals surface area (Å²) in [6, 6.07) is 0. The molecule has 2 atom stereocenters. The molecule has 4 heteroatoms. The van der Waals surface area contributed by atoms with Crippen LogP contribution >= 0.6 is 0 Å². The Balaban J connectivity index is 2.35. The number of phenolic OH excluding ortho intramolecular Hbond substituents is 1. The van der Waals surface area contributed by atoms with E-state index in [-0.39, 0.29) is 18.4 Å². The van der Waals surface area contributed by atoms with E-state index in [0.717, 1.165) is 34.4 Å². The summed E-state index contributed by atoms with van der Waals surface area (Å²) in [6.45, 7) is 7.74. The van der Waals surface area contributed by atoms with Crippen molar-refractivity contribution in [1.82, 2.24) is 0 Å². The van der Waals surface area contributed by atoms with E-state index >= 15 is 0 Å². The van der Waals surface area contributed by atoms with Crippen LogP contribution in [0.25, 0.3) is 0 Å². The third-order valence-electron chi connectivity index (χ3n) is 4.50. The second kappa shape index (κ2) is 5.35. The number of hydrogen-bond donors (Lipinski definition) is 2. The molecular weight excluding hydrogens is 256 g/mol. The zero-order valence-electron chi connectivity index (χ0n) is 12.5. The number of carboxylic acid groups (broad SMARTS) is 1. The van der Waals surface area contributed by atoms with E-state index < -0.39 is 5.97 Å². The number of phenols is 1. The average Bonchev–Trinajstić information content (AvgIpc) is 2.41. The minimum Gasteiger partial charge on any atom is -0.507 e. The highest BCUT2D eigenvalue weighted by Crippen LogP contribution is 2.42. The van der Waals surface area contributed by atoms with Crippen molar-refractivity contribution in [1.29, 1.82) is 0 Å². The molecule has 2 N–H and O–H groups in total. The Labute approximate surface area is 119 Å². The highest BCUT2D eigenvalue weighted by molar-refractivity contribution is 5.66. The van der Waals surface area contributed by atoms with E-state index in [2.05, 4.69) is 0 Å². The zero-order chi connectivity index (χ0) is 15.0. The first-order chi connectivity index (χ1) is 9.32. The van der Waals surface area contributed by atoms with Gasteiger partial charge in [0.2, 0.25) is 0 Å². The van der Waals surface area contributed by atoms with Gasteiger partial charge in [0, 0.05) is 17.9 Å². The second-order valence-electron chi connectivity index (χ2n) is 5.75. The maximum atomic E-state index is 10.7. The average molecular weight is 278 g/mol. The first kappa shape index (κ1) is 14.7. The van der Waals surface area contributed by atoms with Crippen molar-refractivity contribution < 1.29 is 19.7 Å². The van der Waals surface area contributed by atoms with Crippen LogP contribution in [0.15, 0.2) is 0 Å². The number of carbonyl (C=O) groups is 1. The molecule has 20 heavy (non-hydrogen) atoms. The quantitative estimate of drug-likeness (QED) is 0.891. The number of aromatic hydroxyl groups is 1. The van der Waals surface area contributed by atoms with Crippen molar-refractivity contribution in [2.45, 2.75) is 53.1 Å². The number of aliphatic carboxylic acids is 1. The fourth-order valence-corrected chi connectivity index (χ4v) is 2.93. The molecule has 0 bridgehead atoms. The molecule has 1 aromatic carbocycles. The van der Waals surface area contributed by atoms with Gasteiger partial charge in [-0.05, 0) is 57.2 Å². The molecule has 0 aliphatic carbocycles. The van der Waals surface area contributed by atoms with Crippen LogP contribution in [0.1, 0.15) is 42.0 Å². The molecule has 0 saturated heterocycles. The van der Waals surface area contributed by atoms with E-state index in [0.29, 0.717) is 12.2 Å². The van der Waals surface area contributed by atoms with Crippen LogP contribution in [0.4, 0.5) is 0 Å². The lowest BCUT2D eigenvalue weighted by atomic mass is 9.84. The molecule has 1 aliphatic heterocycles. The molecule has 0 spiro atoms. The third-order valence-corrected chi connectivity index (χ3v) is 4.50. The Morgan fingerprint density at radius 1 is 1.25 bits per heavy atom. The first-order valence-electron chi connectivity index (χ1n) is 7.03. The van der Waals surface area contributed by atoms with Crippen molar-refractivity contribution >= 4 is 5.97 Å². The van der Waals surface area contributed by atoms with Crippen LogP contribution in [0.2, 0.25) is 0 Å². The van der Waals surface area contributed by atoms with Crippen LogP contribution < -0.4 is 4.74 Å². The maximum Gasteiger partial charge on any atom is 0.303 e. The van der Waals surface area contributed by atoms with Gasteiger partial charge in [-0.15, -0.1) is 0 Å². The molecule has 0 aromatic heterocycles. The predicted octanol–water partition coefficient (Wildman–Crippen LogP) is 3.12. The Morgan fingerprint density at radius 3 is 2.50 bits per heavy atom. The molecule has 110 valence electrons. The van der Waals surface area contributed by atoms with Crippen LogP contribution in [0.3, 0.4) is 0 Å². The summed E-state index contributed by atoms with van der Waals surface area (Å²) in [5, 5.41) is 19.0. The normalized spacial score (nSPS) is 21.2. The molecule has 4 nitrogen and oxygen atoms in total. The first-order valence-corrected chi connectivity index (χ1v) is 7.03. The molecular formula is C16H22O4. The van der Waals surface area contributed by atoms with Gasteiger partial charge in [-0.3, -0.25) is 4.79 Å². The van der Waals surface area contributed by atoms with Crippen LogP contribution in [-0.2, 0) is 11.2 Å². The van der Waals surface area contributed by atoms with Crippen molar-refractivity contribution in [3.8, 4) is 11.5 Å². The van der Waals surface area contributed by atoms with Gasteiger partial charge in [0.25, 0.3) is 0 Å². The van der Waals surface area contributed by atoms with E-state index in [4.69, 9.17) is 9.84 Å². The van der Waals surface area contributed by atoms with E-state index in [1.165, 1.54) is 0 Å². The van der Waals surface area contributed by atoms with Gasteiger partial charge >= 0.3 is 5.97 Å². The van der Waals surface area contributed by atoms with Gasteiger partial charge in [-0.2, -0.15) is 0 Å². The highest BCUT2D eigenvalue weighted by Gasteiger charge is 2.31. The Bertz CT molecular complexity index is 548. The summed E-state index contributed by atoms with van der Waals surface area (Å²) in [7, 11) is 0.